The fourth-order valence-corrected chi connectivity index (χ4v) is 1.17. The van der Waals surface area contributed by atoms with Crippen molar-refractivity contribution in [3.05, 3.63) is 36.5 Å². The van der Waals surface area contributed by atoms with E-state index < -0.39 is 0 Å². The van der Waals surface area contributed by atoms with Gasteiger partial charge < -0.3 is 5.43 Å². The van der Waals surface area contributed by atoms with Gasteiger partial charge in [-0.3, -0.25) is 10.8 Å². The summed E-state index contributed by atoms with van der Waals surface area (Å²) < 4.78 is 0. The molecule has 0 bridgehead atoms. The smallest absolute Gasteiger partial charge is 0.0703 e. The van der Waals surface area contributed by atoms with Crippen LogP contribution in [0.25, 0.3) is 10.9 Å². The highest BCUT2D eigenvalue weighted by Gasteiger charge is 1.93. The first-order valence-corrected chi connectivity index (χ1v) is 3.71. The van der Waals surface area contributed by atoms with E-state index >= 15 is 0 Å². The molecule has 3 nitrogen and oxygen atoms in total. The summed E-state index contributed by atoms with van der Waals surface area (Å²) >= 11 is 0. The van der Waals surface area contributed by atoms with Crippen molar-refractivity contribution in [3.8, 4) is 0 Å². The average molecular weight is 232 g/mol. The molecule has 14 heavy (non-hydrogen) atoms. The molecule has 0 unspecified atom stereocenters. The molecule has 0 atom stereocenters. The molecule has 0 saturated heterocycles. The zero-order chi connectivity index (χ0) is 8.39. The van der Waals surface area contributed by atoms with Crippen LogP contribution in [0.2, 0.25) is 0 Å². The number of hydrazine groups is 1. The summed E-state index contributed by atoms with van der Waals surface area (Å²) in [5.41, 5.74) is 4.47. The Labute approximate surface area is 94.5 Å². The molecule has 0 aliphatic rings. The topological polar surface area (TPSA) is 50.9 Å². The lowest BCUT2D eigenvalue weighted by molar-refractivity contribution is 1.35. The molecule has 1 aromatic carbocycles. The predicted molar refractivity (Wildman–Crippen MR) is 64.0 cm³/mol. The highest BCUT2D eigenvalue weighted by atomic mass is 35.5. The molecule has 0 radical (unpaired) electrons. The van der Waals surface area contributed by atoms with Crippen molar-refractivity contribution in [2.24, 2.45) is 5.84 Å². The zero-order valence-corrected chi connectivity index (χ0v) is 8.94. The summed E-state index contributed by atoms with van der Waals surface area (Å²) in [5, 5.41) is 1.09. The van der Waals surface area contributed by atoms with Crippen LogP contribution in [-0.4, -0.2) is 4.98 Å². The fraction of sp³-hybridized carbons (Fsp3) is 0. The number of pyridine rings is 1. The molecule has 0 spiro atoms. The standard InChI is InChI=1S/C9H9N3.2ClH/c10-12-8-3-4-9-7(6-8)2-1-5-11-9;;/h1-6,12H,10H2;2*1H. The van der Waals surface area contributed by atoms with Crippen molar-refractivity contribution in [3.63, 3.8) is 0 Å². The number of anilines is 1. The van der Waals surface area contributed by atoms with E-state index in [1.54, 1.807) is 6.20 Å². The molecule has 0 saturated carbocycles. The number of nitrogens with two attached hydrogens (primary N) is 1. The van der Waals surface area contributed by atoms with Gasteiger partial charge in [0.2, 0.25) is 0 Å². The molecule has 1 aromatic heterocycles. The van der Waals surface area contributed by atoms with Crippen LogP contribution in [0.5, 0.6) is 0 Å². The molecular weight excluding hydrogens is 221 g/mol. The van der Waals surface area contributed by atoms with E-state index in [0.717, 1.165) is 16.6 Å². The third kappa shape index (κ3) is 2.48. The van der Waals surface area contributed by atoms with E-state index in [2.05, 4.69) is 10.4 Å². The number of rotatable bonds is 1. The lowest BCUT2D eigenvalue weighted by atomic mass is 10.2. The number of hydrogen-bond donors (Lipinski definition) is 2. The number of nitrogens with zero attached hydrogens (tertiary/aromatic N) is 1. The Hall–Kier alpha value is -1.03. The first kappa shape index (κ1) is 13.0. The van der Waals surface area contributed by atoms with E-state index in [0.29, 0.717) is 0 Å². The number of hydrogen-bond acceptors (Lipinski definition) is 3. The quantitative estimate of drug-likeness (QED) is 0.586. The molecule has 5 heteroatoms. The summed E-state index contributed by atoms with van der Waals surface area (Å²) in [6.07, 6.45) is 1.78. The number of fused-ring (bicyclic) bond motifs is 1. The second kappa shape index (κ2) is 5.65. The summed E-state index contributed by atoms with van der Waals surface area (Å²) in [6.45, 7) is 0. The van der Waals surface area contributed by atoms with Gasteiger partial charge in [-0.25, -0.2) is 0 Å². The van der Waals surface area contributed by atoms with Gasteiger partial charge >= 0.3 is 0 Å². The van der Waals surface area contributed by atoms with Gasteiger partial charge in [-0.1, -0.05) is 6.07 Å². The average Bonchev–Trinajstić information content (AvgIpc) is 2.17. The Bertz CT molecular complexity index is 406. The van der Waals surface area contributed by atoms with E-state index in [1.165, 1.54) is 0 Å². The zero-order valence-electron chi connectivity index (χ0n) is 7.31. The van der Waals surface area contributed by atoms with Crippen LogP contribution < -0.4 is 11.3 Å². The SMILES string of the molecule is Cl.Cl.NNc1ccc2ncccc2c1. The summed E-state index contributed by atoms with van der Waals surface area (Å²) in [6, 6.07) is 9.70. The highest BCUT2D eigenvalue weighted by Crippen LogP contribution is 2.15. The van der Waals surface area contributed by atoms with Gasteiger partial charge in [-0.05, 0) is 24.3 Å². The van der Waals surface area contributed by atoms with E-state index in [1.807, 2.05) is 30.3 Å². The molecule has 0 aliphatic carbocycles. The maximum absolute atomic E-state index is 5.27. The van der Waals surface area contributed by atoms with Crippen molar-refractivity contribution in [1.82, 2.24) is 4.98 Å². The van der Waals surface area contributed by atoms with Gasteiger partial charge in [0.15, 0.2) is 0 Å². The van der Waals surface area contributed by atoms with Gasteiger partial charge in [0.1, 0.15) is 0 Å². The molecule has 0 amide bonds. The maximum atomic E-state index is 5.27. The van der Waals surface area contributed by atoms with Crippen LogP contribution in [0, 0.1) is 0 Å². The number of aromatic nitrogens is 1. The number of nitrogens with one attached hydrogen (secondary N) is 1. The van der Waals surface area contributed by atoms with E-state index in [9.17, 15) is 0 Å². The van der Waals surface area contributed by atoms with E-state index in [4.69, 9.17) is 5.84 Å². The Morgan fingerprint density at radius 3 is 2.64 bits per heavy atom. The van der Waals surface area contributed by atoms with Crippen molar-refractivity contribution in [1.29, 1.82) is 0 Å². The number of halogens is 2. The minimum absolute atomic E-state index is 0. The Morgan fingerprint density at radius 1 is 1.14 bits per heavy atom. The predicted octanol–water partition coefficient (Wildman–Crippen LogP) is 2.36. The lowest BCUT2D eigenvalue weighted by Gasteiger charge is -2.00. The third-order valence-electron chi connectivity index (χ3n) is 1.77. The Morgan fingerprint density at radius 2 is 1.93 bits per heavy atom. The number of benzene rings is 1. The van der Waals surface area contributed by atoms with Crippen LogP contribution in [0.15, 0.2) is 36.5 Å². The molecule has 0 fully saturated rings. The molecule has 76 valence electrons. The highest BCUT2D eigenvalue weighted by molar-refractivity contribution is 5.85. The largest absolute Gasteiger partial charge is 0.324 e. The van der Waals surface area contributed by atoms with Crippen molar-refractivity contribution in [2.75, 3.05) is 5.43 Å². The van der Waals surface area contributed by atoms with Crippen LogP contribution in [0.4, 0.5) is 5.69 Å². The van der Waals surface area contributed by atoms with Crippen molar-refractivity contribution < 1.29 is 0 Å². The Balaban J connectivity index is 0.000000845. The summed E-state index contributed by atoms with van der Waals surface area (Å²) in [4.78, 5) is 4.19. The molecule has 0 aliphatic heterocycles. The van der Waals surface area contributed by atoms with E-state index in [-0.39, 0.29) is 24.8 Å². The second-order valence-electron chi connectivity index (χ2n) is 2.56. The molecule has 3 N–H and O–H groups in total. The lowest BCUT2D eigenvalue weighted by Crippen LogP contribution is -2.06. The van der Waals surface area contributed by atoms with Crippen LogP contribution in [-0.2, 0) is 0 Å². The van der Waals surface area contributed by atoms with Crippen molar-refractivity contribution >= 4 is 41.4 Å². The summed E-state index contributed by atoms with van der Waals surface area (Å²) in [7, 11) is 0. The molecule has 2 aromatic rings. The van der Waals surface area contributed by atoms with Gasteiger partial charge in [0, 0.05) is 17.3 Å². The second-order valence-corrected chi connectivity index (χ2v) is 2.56. The minimum Gasteiger partial charge on any atom is -0.324 e. The van der Waals surface area contributed by atoms with Crippen LogP contribution in [0.1, 0.15) is 0 Å². The van der Waals surface area contributed by atoms with Crippen molar-refractivity contribution in [2.45, 2.75) is 0 Å². The van der Waals surface area contributed by atoms with Gasteiger partial charge in [0.05, 0.1) is 5.52 Å². The monoisotopic (exact) mass is 231 g/mol. The maximum Gasteiger partial charge on any atom is 0.0703 e. The normalized spacial score (nSPS) is 8.64. The van der Waals surface area contributed by atoms with Gasteiger partial charge in [0.25, 0.3) is 0 Å². The molecule has 2 rings (SSSR count). The summed E-state index contributed by atoms with van der Waals surface area (Å²) in [5.74, 6) is 5.27. The van der Waals surface area contributed by atoms with Crippen LogP contribution >= 0.6 is 24.8 Å². The molecular formula is C9H11Cl2N3. The first-order chi connectivity index (χ1) is 5.90. The van der Waals surface area contributed by atoms with Gasteiger partial charge in [-0.2, -0.15) is 0 Å². The number of nitrogen functional groups attached to an aromatic ring is 1. The third-order valence-corrected chi connectivity index (χ3v) is 1.77. The fourth-order valence-electron chi connectivity index (χ4n) is 1.17. The van der Waals surface area contributed by atoms with Crippen LogP contribution in [0.3, 0.4) is 0 Å². The first-order valence-electron chi connectivity index (χ1n) is 3.71. The molecule has 1 heterocycles. The Kier molecular flexibility index (Phi) is 5.23. The minimum atomic E-state index is 0. The van der Waals surface area contributed by atoms with Gasteiger partial charge in [-0.15, -0.1) is 24.8 Å².